The lowest BCUT2D eigenvalue weighted by Crippen LogP contribution is -2.53. The molecule has 2 saturated heterocycles. The zero-order chi connectivity index (χ0) is 27.3. The fourth-order valence-electron chi connectivity index (χ4n) is 6.33. The van der Waals surface area contributed by atoms with E-state index in [4.69, 9.17) is 4.74 Å². The van der Waals surface area contributed by atoms with Gasteiger partial charge in [-0.15, -0.1) is 0 Å². The number of carbonyl (C=O) groups excluding carboxylic acids is 2. The van der Waals surface area contributed by atoms with Crippen LogP contribution >= 0.6 is 0 Å². The molecule has 12 heteroatoms. The molecule has 2 saturated carbocycles. The van der Waals surface area contributed by atoms with Crippen LogP contribution in [0.5, 0.6) is 0 Å². The van der Waals surface area contributed by atoms with E-state index >= 15 is 0 Å². The Bertz CT molecular complexity index is 1150. The molecule has 0 aromatic carbocycles. The normalized spacial score (nSPS) is 24.4. The Hall–Kier alpha value is -3.41. The molecule has 2 aliphatic heterocycles. The summed E-state index contributed by atoms with van der Waals surface area (Å²) in [6.07, 6.45) is 12.0. The van der Waals surface area contributed by atoms with Crippen molar-refractivity contribution in [3.05, 3.63) is 24.0 Å². The first-order chi connectivity index (χ1) is 19.6. The van der Waals surface area contributed by atoms with E-state index in [-0.39, 0.29) is 36.0 Å². The molecule has 2 aromatic heterocycles. The number of ether oxygens (including phenoxy) is 1. The van der Waals surface area contributed by atoms with E-state index < -0.39 is 0 Å². The maximum atomic E-state index is 12.6. The summed E-state index contributed by atoms with van der Waals surface area (Å²) >= 11 is 0. The monoisotopic (exact) mass is 551 g/mol. The molecular weight excluding hydrogens is 510 g/mol. The number of urea groups is 1. The molecule has 6 rings (SSSR count). The maximum Gasteiger partial charge on any atom is 0.315 e. The van der Waals surface area contributed by atoms with Gasteiger partial charge in [0.15, 0.2) is 5.82 Å². The minimum atomic E-state index is -0.106. The van der Waals surface area contributed by atoms with Crippen LogP contribution in [0.1, 0.15) is 75.8 Å². The average Bonchev–Trinajstić information content (AvgIpc) is 3.62. The van der Waals surface area contributed by atoms with Crippen molar-refractivity contribution >= 4 is 29.5 Å². The number of anilines is 3. The third-order valence-corrected chi connectivity index (χ3v) is 8.83. The quantitative estimate of drug-likeness (QED) is 0.336. The number of H-pyrrole nitrogens is 1. The van der Waals surface area contributed by atoms with Gasteiger partial charge in [-0.25, -0.2) is 9.78 Å². The summed E-state index contributed by atoms with van der Waals surface area (Å²) in [6.45, 7) is 2.47. The molecule has 12 nitrogen and oxygen atoms in total. The topological polar surface area (TPSA) is 149 Å². The average molecular weight is 552 g/mol. The number of likely N-dealkylation sites (tertiary alicyclic amines) is 1. The summed E-state index contributed by atoms with van der Waals surface area (Å²) in [5.74, 6) is 2.89. The fraction of sp³-hybridized carbons (Fsp3) is 0.679. The molecule has 3 amide bonds. The predicted molar refractivity (Wildman–Crippen MR) is 150 cm³/mol. The lowest BCUT2D eigenvalue weighted by atomic mass is 9.91. The molecular formula is C28H41N9O3. The van der Waals surface area contributed by atoms with Gasteiger partial charge < -0.3 is 30.9 Å². The molecule has 0 bridgehead atoms. The molecule has 4 fully saturated rings. The molecule has 0 atom stereocenters. The van der Waals surface area contributed by atoms with Crippen molar-refractivity contribution in [2.75, 3.05) is 36.9 Å². The second-order valence-corrected chi connectivity index (χ2v) is 11.7. The van der Waals surface area contributed by atoms with Crippen molar-refractivity contribution in [3.63, 3.8) is 0 Å². The van der Waals surface area contributed by atoms with Crippen LogP contribution in [0, 0.1) is 5.92 Å². The molecule has 2 aromatic rings. The highest BCUT2D eigenvalue weighted by atomic mass is 16.5. The van der Waals surface area contributed by atoms with E-state index in [9.17, 15) is 9.59 Å². The van der Waals surface area contributed by atoms with Gasteiger partial charge in [0.05, 0.1) is 19.1 Å². The van der Waals surface area contributed by atoms with Crippen LogP contribution in [-0.2, 0) is 9.53 Å². The number of carbonyl (C=O) groups is 2. The molecule has 0 radical (unpaired) electrons. The molecule has 216 valence electrons. The van der Waals surface area contributed by atoms with Gasteiger partial charge in [0.2, 0.25) is 11.9 Å². The van der Waals surface area contributed by atoms with Gasteiger partial charge in [-0.3, -0.25) is 9.89 Å². The van der Waals surface area contributed by atoms with Crippen LogP contribution < -0.4 is 21.3 Å². The Kier molecular flexibility index (Phi) is 8.31. The van der Waals surface area contributed by atoms with E-state index in [1.54, 1.807) is 6.20 Å². The van der Waals surface area contributed by atoms with Crippen molar-refractivity contribution in [2.24, 2.45) is 5.92 Å². The minimum absolute atomic E-state index is 0.0287. The van der Waals surface area contributed by atoms with Crippen LogP contribution in [-0.4, -0.2) is 81.4 Å². The van der Waals surface area contributed by atoms with Gasteiger partial charge in [-0.1, -0.05) is 12.8 Å². The minimum Gasteiger partial charge on any atom is -0.380 e. The first kappa shape index (κ1) is 26.8. The third-order valence-electron chi connectivity index (χ3n) is 8.83. The van der Waals surface area contributed by atoms with Crippen molar-refractivity contribution < 1.29 is 14.3 Å². The Morgan fingerprint density at radius 1 is 0.900 bits per heavy atom. The van der Waals surface area contributed by atoms with Crippen LogP contribution in [0.15, 0.2) is 18.3 Å². The number of nitrogens with zero attached hydrogens (tertiary/aromatic N) is 4. The van der Waals surface area contributed by atoms with Crippen LogP contribution in [0.2, 0.25) is 0 Å². The zero-order valence-corrected chi connectivity index (χ0v) is 23.0. The van der Waals surface area contributed by atoms with Gasteiger partial charge >= 0.3 is 6.03 Å². The number of hydrogen-bond donors (Lipinski definition) is 5. The molecule has 2 aliphatic carbocycles. The second-order valence-electron chi connectivity index (χ2n) is 11.7. The van der Waals surface area contributed by atoms with Gasteiger partial charge in [-0.2, -0.15) is 10.1 Å². The van der Waals surface area contributed by atoms with Gasteiger partial charge in [-0.05, 0) is 57.4 Å². The Morgan fingerprint density at radius 3 is 2.30 bits per heavy atom. The first-order valence-electron chi connectivity index (χ1n) is 14.9. The lowest BCUT2D eigenvalue weighted by molar-refractivity contribution is -0.150. The molecule has 4 aliphatic rings. The fourth-order valence-corrected chi connectivity index (χ4v) is 6.33. The van der Waals surface area contributed by atoms with Crippen molar-refractivity contribution in [3.8, 4) is 0 Å². The summed E-state index contributed by atoms with van der Waals surface area (Å²) < 4.78 is 5.14. The maximum absolute atomic E-state index is 12.6. The summed E-state index contributed by atoms with van der Waals surface area (Å²) in [7, 11) is 0. The van der Waals surface area contributed by atoms with E-state index in [0.29, 0.717) is 44.0 Å². The van der Waals surface area contributed by atoms with E-state index in [1.165, 1.54) is 31.4 Å². The number of nitrogens with one attached hydrogen (secondary N) is 5. The smallest absolute Gasteiger partial charge is 0.315 e. The molecule has 0 unspecified atom stereocenters. The number of aromatic nitrogens is 4. The summed E-state index contributed by atoms with van der Waals surface area (Å²) in [6, 6.07) is 4.35. The van der Waals surface area contributed by atoms with Crippen molar-refractivity contribution in [2.45, 2.75) is 88.3 Å². The van der Waals surface area contributed by atoms with E-state index in [0.717, 1.165) is 44.3 Å². The van der Waals surface area contributed by atoms with Gasteiger partial charge in [0, 0.05) is 55.1 Å². The molecule has 0 spiro atoms. The molecule has 5 N–H and O–H groups in total. The lowest BCUT2D eigenvalue weighted by Gasteiger charge is -2.37. The number of amides is 3. The number of rotatable bonds is 8. The van der Waals surface area contributed by atoms with Crippen molar-refractivity contribution in [1.82, 2.24) is 35.7 Å². The second kappa shape index (κ2) is 12.4. The van der Waals surface area contributed by atoms with Crippen LogP contribution in [0.4, 0.5) is 22.4 Å². The van der Waals surface area contributed by atoms with Crippen LogP contribution in [0.3, 0.4) is 0 Å². The van der Waals surface area contributed by atoms with Gasteiger partial charge in [0.1, 0.15) is 5.82 Å². The Morgan fingerprint density at radius 2 is 1.60 bits per heavy atom. The number of piperidine rings is 1. The third kappa shape index (κ3) is 6.65. The zero-order valence-electron chi connectivity index (χ0n) is 23.0. The predicted octanol–water partition coefficient (Wildman–Crippen LogP) is 3.26. The van der Waals surface area contributed by atoms with E-state index in [2.05, 4.69) is 47.5 Å². The Labute approximate surface area is 234 Å². The number of hydrogen-bond acceptors (Lipinski definition) is 8. The SMILES string of the molecule is O=C(NC1CCN(C(=O)C2COC2)CC1)N[C@H]1CC[C@H](Nc2nccc(Nc3cc(C4CCCC4)[nH]n3)n2)CC1. The summed E-state index contributed by atoms with van der Waals surface area (Å²) in [4.78, 5) is 36.0. The Balaban J connectivity index is 0.900. The van der Waals surface area contributed by atoms with E-state index in [1.807, 2.05) is 11.0 Å². The highest BCUT2D eigenvalue weighted by Crippen LogP contribution is 2.34. The first-order valence-corrected chi connectivity index (χ1v) is 14.9. The van der Waals surface area contributed by atoms with Crippen LogP contribution in [0.25, 0.3) is 0 Å². The highest BCUT2D eigenvalue weighted by molar-refractivity contribution is 5.80. The standard InChI is InChI=1S/C28H41N9O3/c38-26(19-16-40-17-19)37-13-10-22(11-14-37)32-28(39)31-21-7-5-20(6-8-21)30-27-29-12-9-24(34-27)33-25-15-23(35-36-25)18-3-1-2-4-18/h9,12,15,18-22H,1-8,10-11,13-14,16-17H2,(H2,31,32,39)(H3,29,30,33,34,35,36)/t20-,21-. The molecule has 4 heterocycles. The largest absolute Gasteiger partial charge is 0.380 e. The number of aromatic amines is 1. The summed E-state index contributed by atoms with van der Waals surface area (Å²) in [5.41, 5.74) is 1.20. The molecule has 40 heavy (non-hydrogen) atoms. The highest BCUT2D eigenvalue weighted by Gasteiger charge is 2.33. The summed E-state index contributed by atoms with van der Waals surface area (Å²) in [5, 5.41) is 20.6. The van der Waals surface area contributed by atoms with Gasteiger partial charge in [0.25, 0.3) is 0 Å². The van der Waals surface area contributed by atoms with Crippen molar-refractivity contribution in [1.29, 1.82) is 0 Å².